The van der Waals surface area contributed by atoms with Crippen molar-refractivity contribution in [2.24, 2.45) is 0 Å². The molecule has 0 saturated heterocycles. The molecule has 4 rings (SSSR count). The number of carbonyl (C=O) groups is 2. The number of halogens is 4. The minimum Gasteiger partial charge on any atom is -0.346 e. The van der Waals surface area contributed by atoms with Crippen LogP contribution in [0.4, 0.5) is 18.9 Å². The summed E-state index contributed by atoms with van der Waals surface area (Å²) in [5.74, 6) is -0.0818. The van der Waals surface area contributed by atoms with Crippen LogP contribution in [0.5, 0.6) is 0 Å². The Bertz CT molecular complexity index is 1720. The van der Waals surface area contributed by atoms with Crippen molar-refractivity contribution >= 4 is 51.9 Å². The van der Waals surface area contributed by atoms with Gasteiger partial charge in [-0.3, -0.25) is 9.59 Å². The molecule has 0 aliphatic heterocycles. The standard InChI is InChI=1S/C29H28F3IN6O3S/c1-17-14-18(15-38-27(42)39(37-36-38)20-11-9-19(10-12-20)29(30,31)32)8-13-23(17)34-26(41)24-21(6-5-7-22(24)33)25(40)35-28(2,3)16-43-4/h5-14H,15-16H2,1-4H3,(H,34,41)(H,35,40). The second kappa shape index (κ2) is 12.9. The highest BCUT2D eigenvalue weighted by molar-refractivity contribution is 14.1. The number of thioether (sulfide) groups is 1. The number of carbonyl (C=O) groups excluding carboxylic acids is 2. The molecule has 2 N–H and O–H groups in total. The minimum absolute atomic E-state index is 0.0429. The van der Waals surface area contributed by atoms with Crippen molar-refractivity contribution in [3.8, 4) is 5.69 Å². The third-order valence-electron chi connectivity index (χ3n) is 6.39. The lowest BCUT2D eigenvalue weighted by Gasteiger charge is -2.26. The molecule has 0 fully saturated rings. The average molecular weight is 725 g/mol. The molecule has 3 aromatic carbocycles. The Hall–Kier alpha value is -3.66. The normalized spacial score (nSPS) is 11.8. The van der Waals surface area contributed by atoms with Crippen LogP contribution in [-0.2, 0) is 12.7 Å². The molecular weight excluding hydrogens is 696 g/mol. The molecule has 0 unspecified atom stereocenters. The molecule has 14 heteroatoms. The number of tetrazole rings is 1. The van der Waals surface area contributed by atoms with Gasteiger partial charge < -0.3 is 10.6 Å². The van der Waals surface area contributed by atoms with E-state index in [-0.39, 0.29) is 29.3 Å². The number of aromatic nitrogens is 4. The van der Waals surface area contributed by atoms with Gasteiger partial charge in [-0.05, 0) is 114 Å². The number of nitrogens with one attached hydrogen (secondary N) is 2. The smallest absolute Gasteiger partial charge is 0.346 e. The van der Waals surface area contributed by atoms with E-state index in [0.29, 0.717) is 26.1 Å². The topological polar surface area (TPSA) is 111 Å². The van der Waals surface area contributed by atoms with Crippen LogP contribution in [0.3, 0.4) is 0 Å². The fourth-order valence-electron chi connectivity index (χ4n) is 4.36. The van der Waals surface area contributed by atoms with E-state index in [1.54, 1.807) is 55.1 Å². The summed E-state index contributed by atoms with van der Waals surface area (Å²) in [6.45, 7) is 5.67. The first-order chi connectivity index (χ1) is 20.2. The van der Waals surface area contributed by atoms with Crippen LogP contribution in [0.25, 0.3) is 5.69 Å². The first kappa shape index (κ1) is 32.3. The van der Waals surface area contributed by atoms with Crippen LogP contribution in [-0.4, -0.2) is 49.2 Å². The lowest BCUT2D eigenvalue weighted by atomic mass is 10.0. The zero-order valence-electron chi connectivity index (χ0n) is 23.6. The van der Waals surface area contributed by atoms with E-state index in [1.807, 2.05) is 42.7 Å². The molecule has 9 nitrogen and oxygen atoms in total. The van der Waals surface area contributed by atoms with Gasteiger partial charge in [0.15, 0.2) is 0 Å². The van der Waals surface area contributed by atoms with Crippen LogP contribution in [0.15, 0.2) is 65.5 Å². The molecule has 0 saturated carbocycles. The van der Waals surface area contributed by atoms with E-state index in [4.69, 9.17) is 0 Å². The van der Waals surface area contributed by atoms with Gasteiger partial charge in [0.05, 0.1) is 28.9 Å². The van der Waals surface area contributed by atoms with Gasteiger partial charge in [-0.25, -0.2) is 4.79 Å². The van der Waals surface area contributed by atoms with Gasteiger partial charge in [0.25, 0.3) is 11.8 Å². The first-order valence-electron chi connectivity index (χ1n) is 12.9. The number of aryl methyl sites for hydroxylation is 1. The average Bonchev–Trinajstić information content (AvgIpc) is 3.28. The number of benzene rings is 3. The van der Waals surface area contributed by atoms with Gasteiger partial charge in [0.2, 0.25) is 0 Å². The fourth-order valence-corrected chi connectivity index (χ4v) is 5.90. The zero-order valence-corrected chi connectivity index (χ0v) is 26.6. The van der Waals surface area contributed by atoms with Crippen molar-refractivity contribution in [2.45, 2.75) is 39.0 Å². The van der Waals surface area contributed by atoms with Gasteiger partial charge in [-0.15, -0.1) is 0 Å². The predicted molar refractivity (Wildman–Crippen MR) is 168 cm³/mol. The molecule has 0 atom stereocenters. The Morgan fingerprint density at radius 2 is 1.70 bits per heavy atom. The van der Waals surface area contributed by atoms with Crippen molar-refractivity contribution in [3.63, 3.8) is 0 Å². The van der Waals surface area contributed by atoms with E-state index in [0.717, 1.165) is 33.6 Å². The Kier molecular flexibility index (Phi) is 9.69. The number of hydrogen-bond donors (Lipinski definition) is 2. The summed E-state index contributed by atoms with van der Waals surface area (Å²) in [7, 11) is 0. The fraction of sp³-hybridized carbons (Fsp3) is 0.276. The number of amides is 2. The third-order valence-corrected chi connectivity index (χ3v) is 8.30. The van der Waals surface area contributed by atoms with Crippen molar-refractivity contribution in [1.29, 1.82) is 0 Å². The Morgan fingerprint density at radius 3 is 2.33 bits per heavy atom. The summed E-state index contributed by atoms with van der Waals surface area (Å²) in [5, 5.41) is 13.5. The minimum atomic E-state index is -4.49. The Labute approximate surface area is 263 Å². The number of rotatable bonds is 9. The van der Waals surface area contributed by atoms with Crippen LogP contribution < -0.4 is 16.3 Å². The van der Waals surface area contributed by atoms with Crippen molar-refractivity contribution in [2.75, 3.05) is 17.3 Å². The van der Waals surface area contributed by atoms with E-state index in [2.05, 4.69) is 21.1 Å². The zero-order chi connectivity index (χ0) is 31.5. The monoisotopic (exact) mass is 724 g/mol. The summed E-state index contributed by atoms with van der Waals surface area (Å²) in [6, 6.07) is 14.3. The Balaban J connectivity index is 1.51. The molecule has 1 heterocycles. The molecule has 0 aliphatic carbocycles. The quantitative estimate of drug-likeness (QED) is 0.220. The van der Waals surface area contributed by atoms with Crippen molar-refractivity contribution in [1.82, 2.24) is 25.1 Å². The van der Waals surface area contributed by atoms with E-state index in [9.17, 15) is 27.6 Å². The number of hydrogen-bond acceptors (Lipinski definition) is 6. The third kappa shape index (κ3) is 7.65. The lowest BCUT2D eigenvalue weighted by Crippen LogP contribution is -2.46. The van der Waals surface area contributed by atoms with Gasteiger partial charge in [-0.2, -0.15) is 34.3 Å². The van der Waals surface area contributed by atoms with E-state index >= 15 is 0 Å². The maximum absolute atomic E-state index is 13.4. The molecule has 0 aliphatic rings. The van der Waals surface area contributed by atoms with Gasteiger partial charge >= 0.3 is 11.9 Å². The maximum Gasteiger partial charge on any atom is 0.416 e. The van der Waals surface area contributed by atoms with Gasteiger partial charge in [0, 0.05) is 20.5 Å². The maximum atomic E-state index is 13.4. The highest BCUT2D eigenvalue weighted by atomic mass is 127. The van der Waals surface area contributed by atoms with Crippen molar-refractivity contribution in [3.05, 3.63) is 103 Å². The highest BCUT2D eigenvalue weighted by Gasteiger charge is 2.30. The molecule has 4 aromatic rings. The van der Waals surface area contributed by atoms with Crippen LogP contribution in [0, 0.1) is 10.5 Å². The Morgan fingerprint density at radius 1 is 1.00 bits per heavy atom. The van der Waals surface area contributed by atoms with Gasteiger partial charge in [0.1, 0.15) is 0 Å². The van der Waals surface area contributed by atoms with Crippen LogP contribution in [0.2, 0.25) is 0 Å². The van der Waals surface area contributed by atoms with Gasteiger partial charge in [-0.1, -0.05) is 18.2 Å². The molecule has 0 bridgehead atoms. The summed E-state index contributed by atoms with van der Waals surface area (Å²) >= 11 is 3.64. The van der Waals surface area contributed by atoms with E-state index < -0.39 is 28.9 Å². The number of nitrogens with zero attached hydrogens (tertiary/aromatic N) is 4. The first-order valence-corrected chi connectivity index (χ1v) is 15.4. The van der Waals surface area contributed by atoms with Crippen LogP contribution >= 0.6 is 34.4 Å². The molecule has 2 amide bonds. The summed E-state index contributed by atoms with van der Waals surface area (Å²) < 4.78 is 41.2. The molecule has 0 spiro atoms. The van der Waals surface area contributed by atoms with E-state index in [1.165, 1.54) is 0 Å². The summed E-state index contributed by atoms with van der Waals surface area (Å²) in [6.07, 6.45) is -2.54. The SMILES string of the molecule is CSCC(C)(C)NC(=O)c1cccc(I)c1C(=O)Nc1ccc(Cn2nnn(-c3ccc(C(F)(F)F)cc3)c2=O)cc1C. The predicted octanol–water partition coefficient (Wildman–Crippen LogP) is 5.53. The summed E-state index contributed by atoms with van der Waals surface area (Å²) in [5.41, 5.74) is 0.644. The summed E-state index contributed by atoms with van der Waals surface area (Å²) in [4.78, 5) is 39.4. The number of alkyl halides is 3. The second-order valence-corrected chi connectivity index (χ2v) is 12.4. The second-order valence-electron chi connectivity index (χ2n) is 10.4. The highest BCUT2D eigenvalue weighted by Crippen LogP contribution is 2.29. The molecule has 0 radical (unpaired) electrons. The van der Waals surface area contributed by atoms with Crippen LogP contribution in [0.1, 0.15) is 51.3 Å². The molecule has 226 valence electrons. The largest absolute Gasteiger partial charge is 0.416 e. The molecule has 43 heavy (non-hydrogen) atoms. The molecular formula is C29H28F3IN6O3S. The molecule has 1 aromatic heterocycles. The number of anilines is 1. The van der Waals surface area contributed by atoms with Crippen molar-refractivity contribution < 1.29 is 22.8 Å². The lowest BCUT2D eigenvalue weighted by molar-refractivity contribution is -0.137.